The molecule has 17 heavy (non-hydrogen) atoms. The molecule has 0 spiro atoms. The minimum Gasteiger partial charge on any atom is -0.492 e. The van der Waals surface area contributed by atoms with E-state index in [-0.39, 0.29) is 11.5 Å². The number of furan rings is 1. The smallest absolute Gasteiger partial charge is 0.299 e. The lowest BCUT2D eigenvalue weighted by Gasteiger charge is -2.00. The number of carbonyl (C=O) groups excluding carboxylic acids is 1. The zero-order valence-corrected chi connectivity index (χ0v) is 9.60. The lowest BCUT2D eigenvalue weighted by Crippen LogP contribution is -1.90. The fourth-order valence-electron chi connectivity index (χ4n) is 1.64. The van der Waals surface area contributed by atoms with Gasteiger partial charge in [0.05, 0.1) is 14.2 Å². The minimum atomic E-state index is 0.163. The number of aldehydes is 1. The number of ether oxygens (including phenoxy) is 2. The molecule has 0 atom stereocenters. The molecule has 1 heterocycles. The molecule has 0 aliphatic carbocycles. The van der Waals surface area contributed by atoms with E-state index in [1.54, 1.807) is 0 Å². The van der Waals surface area contributed by atoms with E-state index in [4.69, 9.17) is 13.9 Å². The van der Waals surface area contributed by atoms with Crippen LogP contribution >= 0.6 is 0 Å². The highest BCUT2D eigenvalue weighted by atomic mass is 16.6. The number of hydrogen-bond donors (Lipinski definition) is 0. The summed E-state index contributed by atoms with van der Waals surface area (Å²) in [7, 11) is 2.93. The van der Waals surface area contributed by atoms with E-state index in [2.05, 4.69) is 0 Å². The fraction of sp³-hybridized carbons (Fsp3) is 0.154. The highest BCUT2D eigenvalue weighted by Crippen LogP contribution is 2.40. The quantitative estimate of drug-likeness (QED) is 0.760. The summed E-state index contributed by atoms with van der Waals surface area (Å²) in [6.07, 6.45) is 0.660. The summed E-state index contributed by atoms with van der Waals surface area (Å²) in [5.41, 5.74) is 1.12. The topological polar surface area (TPSA) is 48.7 Å². The van der Waals surface area contributed by atoms with E-state index in [1.165, 1.54) is 14.2 Å². The van der Waals surface area contributed by atoms with Crippen molar-refractivity contribution in [1.82, 2.24) is 0 Å². The van der Waals surface area contributed by atoms with Crippen LogP contribution in [0.1, 0.15) is 10.4 Å². The van der Waals surface area contributed by atoms with E-state index in [9.17, 15) is 4.79 Å². The maximum absolute atomic E-state index is 11.0. The second kappa shape index (κ2) is 4.74. The molecule has 0 aliphatic heterocycles. The van der Waals surface area contributed by atoms with E-state index < -0.39 is 0 Å². The summed E-state index contributed by atoms with van der Waals surface area (Å²) >= 11 is 0. The molecule has 0 saturated carbocycles. The summed E-state index contributed by atoms with van der Waals surface area (Å²) < 4.78 is 15.7. The first-order valence-electron chi connectivity index (χ1n) is 5.07. The van der Waals surface area contributed by atoms with Crippen molar-refractivity contribution in [3.05, 3.63) is 35.9 Å². The maximum atomic E-state index is 11.0. The van der Waals surface area contributed by atoms with Crippen LogP contribution in [0.25, 0.3) is 11.3 Å². The molecule has 88 valence electrons. The van der Waals surface area contributed by atoms with Crippen LogP contribution in [0.4, 0.5) is 0 Å². The average molecular weight is 232 g/mol. The summed E-state index contributed by atoms with van der Waals surface area (Å²) in [5.74, 6) is 1.05. The molecule has 0 bridgehead atoms. The Balaban J connectivity index is 2.62. The Morgan fingerprint density at radius 3 is 2.35 bits per heavy atom. The molecule has 0 N–H and O–H groups in total. The van der Waals surface area contributed by atoms with Gasteiger partial charge in [0.25, 0.3) is 5.95 Å². The Hall–Kier alpha value is -2.23. The third-order valence-corrected chi connectivity index (χ3v) is 2.41. The Labute approximate surface area is 98.8 Å². The molecule has 4 heteroatoms. The Morgan fingerprint density at radius 1 is 1.12 bits per heavy atom. The van der Waals surface area contributed by atoms with E-state index in [0.29, 0.717) is 17.8 Å². The van der Waals surface area contributed by atoms with Crippen molar-refractivity contribution >= 4 is 6.29 Å². The van der Waals surface area contributed by atoms with Crippen molar-refractivity contribution < 1.29 is 18.7 Å². The zero-order valence-electron chi connectivity index (χ0n) is 9.60. The molecule has 1 aromatic carbocycles. The molecule has 0 fully saturated rings. The molecular weight excluding hydrogens is 220 g/mol. The SMILES string of the molecule is COc1oc(-c2ccccc2)c(OC)c1C=O. The summed E-state index contributed by atoms with van der Waals surface area (Å²) in [6.45, 7) is 0. The van der Waals surface area contributed by atoms with Crippen LogP contribution in [0, 0.1) is 0 Å². The molecular formula is C13H12O4. The Kier molecular flexibility index (Phi) is 3.14. The predicted octanol–water partition coefficient (Wildman–Crippen LogP) is 2.78. The molecule has 0 aliphatic rings. The average Bonchev–Trinajstić information content (AvgIpc) is 2.77. The largest absolute Gasteiger partial charge is 0.492 e. The second-order valence-corrected chi connectivity index (χ2v) is 3.35. The van der Waals surface area contributed by atoms with Gasteiger partial charge in [-0.25, -0.2) is 0 Å². The van der Waals surface area contributed by atoms with Gasteiger partial charge < -0.3 is 13.9 Å². The monoisotopic (exact) mass is 232 g/mol. The predicted molar refractivity (Wildman–Crippen MR) is 62.6 cm³/mol. The van der Waals surface area contributed by atoms with Gasteiger partial charge in [-0.2, -0.15) is 0 Å². The van der Waals surface area contributed by atoms with Crippen LogP contribution in [-0.4, -0.2) is 20.5 Å². The highest BCUT2D eigenvalue weighted by Gasteiger charge is 2.22. The lowest BCUT2D eigenvalue weighted by molar-refractivity contribution is 0.111. The lowest BCUT2D eigenvalue weighted by atomic mass is 10.1. The highest BCUT2D eigenvalue weighted by molar-refractivity contribution is 5.87. The number of benzene rings is 1. The van der Waals surface area contributed by atoms with Crippen LogP contribution in [0.5, 0.6) is 11.7 Å². The van der Waals surface area contributed by atoms with Gasteiger partial charge in [0.15, 0.2) is 17.8 Å². The second-order valence-electron chi connectivity index (χ2n) is 3.35. The van der Waals surface area contributed by atoms with Gasteiger partial charge in [0, 0.05) is 5.56 Å². The Bertz CT molecular complexity index is 514. The van der Waals surface area contributed by atoms with Gasteiger partial charge in [-0.05, 0) is 0 Å². The Morgan fingerprint density at radius 2 is 1.82 bits per heavy atom. The first-order chi connectivity index (χ1) is 8.31. The summed E-state index contributed by atoms with van der Waals surface area (Å²) in [4.78, 5) is 11.0. The third kappa shape index (κ3) is 1.89. The van der Waals surface area contributed by atoms with E-state index in [1.807, 2.05) is 30.3 Å². The van der Waals surface area contributed by atoms with Crippen LogP contribution in [0.2, 0.25) is 0 Å². The van der Waals surface area contributed by atoms with Gasteiger partial charge in [-0.3, -0.25) is 4.79 Å². The zero-order chi connectivity index (χ0) is 12.3. The van der Waals surface area contributed by atoms with Gasteiger partial charge in [-0.15, -0.1) is 0 Å². The van der Waals surface area contributed by atoms with Gasteiger partial charge >= 0.3 is 0 Å². The first-order valence-corrected chi connectivity index (χ1v) is 5.07. The molecule has 2 rings (SSSR count). The number of hydrogen-bond acceptors (Lipinski definition) is 4. The molecule has 4 nitrogen and oxygen atoms in total. The number of rotatable bonds is 4. The van der Waals surface area contributed by atoms with Crippen LogP contribution in [-0.2, 0) is 0 Å². The van der Waals surface area contributed by atoms with Crippen LogP contribution in [0.3, 0.4) is 0 Å². The first kappa shape index (κ1) is 11.3. The maximum Gasteiger partial charge on any atom is 0.299 e. The fourth-order valence-corrected chi connectivity index (χ4v) is 1.64. The van der Waals surface area contributed by atoms with Crippen LogP contribution in [0.15, 0.2) is 34.7 Å². The van der Waals surface area contributed by atoms with Crippen molar-refractivity contribution in [3.8, 4) is 23.0 Å². The number of carbonyl (C=O) groups is 1. The molecule has 0 radical (unpaired) electrons. The van der Waals surface area contributed by atoms with E-state index in [0.717, 1.165) is 5.56 Å². The van der Waals surface area contributed by atoms with Crippen molar-refractivity contribution in [1.29, 1.82) is 0 Å². The molecule has 0 amide bonds. The van der Waals surface area contributed by atoms with Gasteiger partial charge in [0.1, 0.15) is 5.56 Å². The molecule has 0 unspecified atom stereocenters. The third-order valence-electron chi connectivity index (χ3n) is 2.41. The normalized spacial score (nSPS) is 10.0. The van der Waals surface area contributed by atoms with Crippen molar-refractivity contribution in [3.63, 3.8) is 0 Å². The standard InChI is InChI=1S/C13H12O4/c1-15-12-10(8-14)13(16-2)17-11(12)9-6-4-3-5-7-9/h3-8H,1-2H3. The van der Waals surface area contributed by atoms with Crippen molar-refractivity contribution in [2.24, 2.45) is 0 Å². The van der Waals surface area contributed by atoms with Crippen LogP contribution < -0.4 is 9.47 Å². The van der Waals surface area contributed by atoms with Crippen molar-refractivity contribution in [2.75, 3.05) is 14.2 Å². The summed E-state index contributed by atoms with van der Waals surface area (Å²) in [6, 6.07) is 9.40. The van der Waals surface area contributed by atoms with Crippen molar-refractivity contribution in [2.45, 2.75) is 0 Å². The molecule has 2 aromatic rings. The van der Waals surface area contributed by atoms with E-state index >= 15 is 0 Å². The summed E-state index contributed by atoms with van der Waals surface area (Å²) in [5, 5.41) is 0. The molecule has 1 aromatic heterocycles. The molecule has 0 saturated heterocycles. The number of methoxy groups -OCH3 is 2. The van der Waals surface area contributed by atoms with Gasteiger partial charge in [0.2, 0.25) is 0 Å². The minimum absolute atomic E-state index is 0.163. The van der Waals surface area contributed by atoms with Gasteiger partial charge in [-0.1, -0.05) is 30.3 Å².